The molecule has 0 aromatic heterocycles. The van der Waals surface area contributed by atoms with Crippen LogP contribution in [-0.4, -0.2) is 19.9 Å². The Morgan fingerprint density at radius 3 is 2.21 bits per heavy atom. The highest BCUT2D eigenvalue weighted by molar-refractivity contribution is 7.89. The van der Waals surface area contributed by atoms with E-state index in [1.165, 1.54) is 0 Å². The van der Waals surface area contributed by atoms with Gasteiger partial charge in [-0.1, -0.05) is 42.5 Å². The fourth-order valence-corrected chi connectivity index (χ4v) is 3.65. The van der Waals surface area contributed by atoms with Crippen molar-refractivity contribution in [1.82, 2.24) is 0 Å². The molecule has 0 aliphatic rings. The van der Waals surface area contributed by atoms with E-state index in [2.05, 4.69) is 5.32 Å². The van der Waals surface area contributed by atoms with Gasteiger partial charge in [-0.2, -0.15) is 0 Å². The van der Waals surface area contributed by atoms with E-state index in [9.17, 15) is 13.2 Å². The van der Waals surface area contributed by atoms with Crippen LogP contribution in [-0.2, 0) is 26.1 Å². The van der Waals surface area contributed by atoms with Gasteiger partial charge in [-0.3, -0.25) is 4.79 Å². The lowest BCUT2D eigenvalue weighted by Gasteiger charge is -2.18. The maximum absolute atomic E-state index is 12.4. The molecule has 0 heterocycles. The molecule has 1 amide bonds. The third kappa shape index (κ3) is 5.47. The van der Waals surface area contributed by atoms with Crippen molar-refractivity contribution in [1.29, 1.82) is 0 Å². The third-order valence-corrected chi connectivity index (χ3v) is 4.93. The van der Waals surface area contributed by atoms with Crippen LogP contribution in [0.25, 0.3) is 0 Å². The number of rotatable bonds is 6. The average Bonchev–Trinajstić information content (AvgIpc) is 2.46. The maximum atomic E-state index is 12.4. The SMILES string of the molecule is CC(C)(N)C(=O)Nc1cccc(CS(=O)(=O)Cc2ccccc2)c1. The normalized spacial score (nSPS) is 12.0. The highest BCUT2D eigenvalue weighted by atomic mass is 32.2. The van der Waals surface area contributed by atoms with Crippen molar-refractivity contribution in [2.75, 3.05) is 5.32 Å². The number of nitrogens with two attached hydrogens (primary N) is 1. The van der Waals surface area contributed by atoms with Crippen LogP contribution in [0.3, 0.4) is 0 Å². The van der Waals surface area contributed by atoms with Crippen LogP contribution in [0.4, 0.5) is 5.69 Å². The predicted molar refractivity (Wildman–Crippen MR) is 96.1 cm³/mol. The van der Waals surface area contributed by atoms with Crippen molar-refractivity contribution in [2.24, 2.45) is 5.73 Å². The second-order valence-corrected chi connectivity index (χ2v) is 8.46. The average molecular weight is 346 g/mol. The van der Waals surface area contributed by atoms with Crippen LogP contribution < -0.4 is 11.1 Å². The van der Waals surface area contributed by atoms with Crippen molar-refractivity contribution in [2.45, 2.75) is 30.9 Å². The minimum atomic E-state index is -3.30. The second kappa shape index (κ2) is 7.15. The molecule has 0 saturated carbocycles. The van der Waals surface area contributed by atoms with E-state index in [1.54, 1.807) is 50.2 Å². The molecule has 2 aromatic rings. The number of anilines is 1. The van der Waals surface area contributed by atoms with E-state index in [4.69, 9.17) is 5.73 Å². The van der Waals surface area contributed by atoms with E-state index in [1.807, 2.05) is 18.2 Å². The minimum absolute atomic E-state index is 0.0136. The van der Waals surface area contributed by atoms with Gasteiger partial charge in [-0.15, -0.1) is 0 Å². The standard InChI is InChI=1S/C18H22N2O3S/c1-18(2,19)17(21)20-16-10-6-9-15(11-16)13-24(22,23)12-14-7-4-3-5-8-14/h3-11H,12-13,19H2,1-2H3,(H,20,21). The Morgan fingerprint density at radius 1 is 1.00 bits per heavy atom. The van der Waals surface area contributed by atoms with Crippen molar-refractivity contribution in [3.63, 3.8) is 0 Å². The van der Waals surface area contributed by atoms with Gasteiger partial charge in [0.05, 0.1) is 17.0 Å². The van der Waals surface area contributed by atoms with Crippen LogP contribution in [0.15, 0.2) is 54.6 Å². The van der Waals surface area contributed by atoms with Crippen LogP contribution in [0.2, 0.25) is 0 Å². The first-order chi connectivity index (χ1) is 11.2. The molecule has 0 radical (unpaired) electrons. The summed E-state index contributed by atoms with van der Waals surface area (Å²) in [5.41, 5.74) is 6.65. The van der Waals surface area contributed by atoms with Gasteiger partial charge in [0.1, 0.15) is 0 Å². The van der Waals surface area contributed by atoms with Gasteiger partial charge in [0.2, 0.25) is 5.91 Å². The lowest BCUT2D eigenvalue weighted by atomic mass is 10.1. The van der Waals surface area contributed by atoms with Crippen molar-refractivity contribution < 1.29 is 13.2 Å². The lowest BCUT2D eigenvalue weighted by Crippen LogP contribution is -2.45. The summed E-state index contributed by atoms with van der Waals surface area (Å²) in [6.45, 7) is 3.22. The van der Waals surface area contributed by atoms with Gasteiger partial charge in [0.25, 0.3) is 0 Å². The molecule has 24 heavy (non-hydrogen) atoms. The van der Waals surface area contributed by atoms with Crippen LogP contribution in [0, 0.1) is 0 Å². The van der Waals surface area contributed by atoms with Crippen molar-refractivity contribution in [3.05, 3.63) is 65.7 Å². The Bertz CT molecular complexity index is 810. The van der Waals surface area contributed by atoms with E-state index >= 15 is 0 Å². The number of sulfone groups is 1. The molecule has 0 unspecified atom stereocenters. The Morgan fingerprint density at radius 2 is 1.58 bits per heavy atom. The van der Waals surface area contributed by atoms with Crippen LogP contribution >= 0.6 is 0 Å². The highest BCUT2D eigenvalue weighted by Gasteiger charge is 2.22. The molecule has 3 N–H and O–H groups in total. The summed E-state index contributed by atoms with van der Waals surface area (Å²) in [5.74, 6) is -0.426. The van der Waals surface area contributed by atoms with Gasteiger partial charge in [-0.05, 0) is 37.1 Å². The largest absolute Gasteiger partial charge is 0.325 e. The molecule has 0 saturated heterocycles. The summed E-state index contributed by atoms with van der Waals surface area (Å²) < 4.78 is 24.7. The van der Waals surface area contributed by atoms with E-state index < -0.39 is 15.4 Å². The molecule has 0 aliphatic heterocycles. The zero-order valence-corrected chi connectivity index (χ0v) is 14.6. The Kier molecular flexibility index (Phi) is 5.41. The summed E-state index contributed by atoms with van der Waals surface area (Å²) >= 11 is 0. The second-order valence-electron chi connectivity index (χ2n) is 6.39. The molecule has 0 spiro atoms. The van der Waals surface area contributed by atoms with E-state index in [0.717, 1.165) is 5.56 Å². The van der Waals surface area contributed by atoms with E-state index in [0.29, 0.717) is 11.3 Å². The molecule has 0 fully saturated rings. The van der Waals surface area contributed by atoms with Gasteiger partial charge < -0.3 is 11.1 Å². The van der Waals surface area contributed by atoms with Crippen molar-refractivity contribution in [3.8, 4) is 0 Å². The van der Waals surface area contributed by atoms with Gasteiger partial charge in [0.15, 0.2) is 9.84 Å². The van der Waals surface area contributed by atoms with Gasteiger partial charge >= 0.3 is 0 Å². The first kappa shape index (κ1) is 18.2. The Balaban J connectivity index is 2.10. The summed E-state index contributed by atoms with van der Waals surface area (Å²) in [4.78, 5) is 11.9. The molecule has 0 aliphatic carbocycles. The molecule has 0 atom stereocenters. The zero-order chi connectivity index (χ0) is 17.8. The monoisotopic (exact) mass is 346 g/mol. The number of carbonyl (C=O) groups is 1. The van der Waals surface area contributed by atoms with Crippen LogP contribution in [0.1, 0.15) is 25.0 Å². The molecule has 0 bridgehead atoms. The number of amides is 1. The molecule has 2 rings (SSSR count). The molecule has 6 heteroatoms. The Hall–Kier alpha value is -2.18. The predicted octanol–water partition coefficient (Wildman–Crippen LogP) is 2.48. The third-order valence-electron chi connectivity index (χ3n) is 3.39. The van der Waals surface area contributed by atoms with Gasteiger partial charge in [0, 0.05) is 5.69 Å². The lowest BCUT2D eigenvalue weighted by molar-refractivity contribution is -0.120. The molecular weight excluding hydrogens is 324 g/mol. The number of carbonyl (C=O) groups excluding carboxylic acids is 1. The molecule has 128 valence electrons. The van der Waals surface area contributed by atoms with Gasteiger partial charge in [-0.25, -0.2) is 8.42 Å². The quantitative estimate of drug-likeness (QED) is 0.841. The molecule has 5 nitrogen and oxygen atoms in total. The van der Waals surface area contributed by atoms with Crippen molar-refractivity contribution >= 4 is 21.4 Å². The number of benzene rings is 2. The zero-order valence-electron chi connectivity index (χ0n) is 13.8. The minimum Gasteiger partial charge on any atom is -0.325 e. The summed E-state index contributed by atoms with van der Waals surface area (Å²) in [5, 5.41) is 2.70. The van der Waals surface area contributed by atoms with Crippen LogP contribution in [0.5, 0.6) is 0 Å². The Labute approximate surface area is 142 Å². The fourth-order valence-electron chi connectivity index (χ4n) is 2.16. The summed E-state index contributed by atoms with van der Waals surface area (Å²) in [7, 11) is -3.30. The summed E-state index contributed by atoms with van der Waals surface area (Å²) in [6.07, 6.45) is 0. The topological polar surface area (TPSA) is 89.3 Å². The first-order valence-electron chi connectivity index (χ1n) is 7.59. The maximum Gasteiger partial charge on any atom is 0.243 e. The smallest absolute Gasteiger partial charge is 0.243 e. The fraction of sp³-hybridized carbons (Fsp3) is 0.278. The number of nitrogens with one attached hydrogen (secondary N) is 1. The molecule has 2 aromatic carbocycles. The first-order valence-corrected chi connectivity index (χ1v) is 9.41. The number of hydrogen-bond acceptors (Lipinski definition) is 4. The highest BCUT2D eigenvalue weighted by Crippen LogP contribution is 2.17. The number of hydrogen-bond donors (Lipinski definition) is 2. The molecular formula is C18H22N2O3S. The van der Waals surface area contributed by atoms with E-state index in [-0.39, 0.29) is 17.4 Å². The summed E-state index contributed by atoms with van der Waals surface area (Å²) in [6, 6.07) is 15.9.